The van der Waals surface area contributed by atoms with Crippen LogP contribution < -0.4 is 19.5 Å². The van der Waals surface area contributed by atoms with Gasteiger partial charge in [-0.25, -0.2) is 39.1 Å². The number of amides is 1. The lowest BCUT2D eigenvalue weighted by molar-refractivity contribution is 0.0600. The molecule has 0 spiro atoms. The summed E-state index contributed by atoms with van der Waals surface area (Å²) < 4.78 is 53.9. The lowest BCUT2D eigenvalue weighted by Crippen LogP contribution is -2.17. The van der Waals surface area contributed by atoms with Gasteiger partial charge in [-0.3, -0.25) is 9.89 Å². The second-order valence-corrected chi connectivity index (χ2v) is 23.9. The summed E-state index contributed by atoms with van der Waals surface area (Å²) in [5.74, 6) is 3.76. The fourth-order valence-corrected chi connectivity index (χ4v) is 11.0. The molecule has 7 aromatic heterocycles. The summed E-state index contributed by atoms with van der Waals surface area (Å²) >= 11 is 21.9. The molecule has 25 heteroatoms. The minimum absolute atomic E-state index is 0.177. The number of ether oxygens (including phenoxy) is 4. The van der Waals surface area contributed by atoms with Crippen molar-refractivity contribution in [2.24, 2.45) is 0 Å². The van der Waals surface area contributed by atoms with E-state index in [1.165, 1.54) is 54.5 Å². The smallest absolute Gasteiger partial charge is 0.337 e. The van der Waals surface area contributed by atoms with Crippen molar-refractivity contribution in [3.8, 4) is 28.7 Å². The SMILES string of the molecule is CNC(=O)c1ccc(OC(C)c2nc(-c3ccc(F)cc3)oc2Sc2ccc(Cl)cn2)cc1.COC(=O)c1ccc(OCc2nc(C3CC3)oc2Sc2ccc(Cl)cn2)cc1.Clc1ccc(Sc2oc(C3CC3)nc2COc2ccc3[nH]ncc3c2)nc1. The van der Waals surface area contributed by atoms with Crippen LogP contribution in [0.2, 0.25) is 15.1 Å². The van der Waals surface area contributed by atoms with E-state index in [0.717, 1.165) is 80.6 Å². The normalized spacial score (nSPS) is 12.9. The van der Waals surface area contributed by atoms with Gasteiger partial charge in [0.15, 0.2) is 27.1 Å². The summed E-state index contributed by atoms with van der Waals surface area (Å²) in [4.78, 5) is 50.1. The molecule has 2 aliphatic carbocycles. The Morgan fingerprint density at radius 1 is 0.625 bits per heavy atom. The van der Waals surface area contributed by atoms with Crippen LogP contribution in [0.15, 0.2) is 196 Å². The van der Waals surface area contributed by atoms with Crippen molar-refractivity contribution in [1.29, 1.82) is 0 Å². The summed E-state index contributed by atoms with van der Waals surface area (Å²) in [7, 11) is 2.93. The molecule has 11 aromatic rings. The molecular weight excluding hydrogens is 1250 g/mol. The molecule has 448 valence electrons. The number of rotatable bonds is 20. The van der Waals surface area contributed by atoms with Crippen LogP contribution in [0.25, 0.3) is 22.4 Å². The lowest BCUT2D eigenvalue weighted by Gasteiger charge is -2.13. The number of hydrogen-bond acceptors (Lipinski definition) is 19. The fraction of sp³-hybridized carbons (Fsp3) is 0.190. The van der Waals surface area contributed by atoms with Crippen LogP contribution >= 0.6 is 70.1 Å². The van der Waals surface area contributed by atoms with Crippen molar-refractivity contribution in [2.75, 3.05) is 14.2 Å². The first-order valence-corrected chi connectivity index (χ1v) is 30.9. The van der Waals surface area contributed by atoms with E-state index in [9.17, 15) is 14.0 Å². The first-order chi connectivity index (χ1) is 42.8. The number of H-pyrrole nitrogens is 1. The topological polar surface area (TPSA) is 229 Å². The number of benzene rings is 4. The van der Waals surface area contributed by atoms with Gasteiger partial charge in [0.2, 0.25) is 5.89 Å². The molecule has 0 radical (unpaired) electrons. The Balaban J connectivity index is 0.000000137. The Morgan fingerprint density at radius 2 is 1.14 bits per heavy atom. The maximum atomic E-state index is 13.4. The molecule has 1 amide bonds. The van der Waals surface area contributed by atoms with Crippen LogP contribution in [-0.2, 0) is 18.0 Å². The molecule has 2 N–H and O–H groups in total. The molecule has 13 rings (SSSR count). The molecule has 0 aliphatic heterocycles. The third-order valence-corrected chi connectivity index (χ3v) is 16.6. The number of esters is 1. The second-order valence-electron chi connectivity index (χ2n) is 19.6. The van der Waals surface area contributed by atoms with E-state index in [0.29, 0.717) is 88.5 Å². The largest absolute Gasteiger partial charge is 0.487 e. The van der Waals surface area contributed by atoms with Gasteiger partial charge < -0.3 is 37.5 Å². The van der Waals surface area contributed by atoms with Gasteiger partial charge in [-0.1, -0.05) is 34.8 Å². The van der Waals surface area contributed by atoms with Crippen LogP contribution in [0.1, 0.15) is 100 Å². The Bertz CT molecular complexity index is 4150. The van der Waals surface area contributed by atoms with Gasteiger partial charge in [-0.15, -0.1) is 0 Å². The van der Waals surface area contributed by atoms with Crippen molar-refractivity contribution >= 4 is 92.9 Å². The Labute approximate surface area is 531 Å². The second kappa shape index (κ2) is 28.6. The zero-order chi connectivity index (χ0) is 61.1. The van der Waals surface area contributed by atoms with Crippen molar-refractivity contribution in [3.63, 3.8) is 0 Å². The summed E-state index contributed by atoms with van der Waals surface area (Å²) in [5, 5.41) is 16.4. The van der Waals surface area contributed by atoms with Crippen LogP contribution in [-0.4, -0.2) is 66.1 Å². The van der Waals surface area contributed by atoms with Crippen LogP contribution in [0.3, 0.4) is 0 Å². The Morgan fingerprint density at radius 3 is 1.65 bits per heavy atom. The average molecular weight is 1300 g/mol. The van der Waals surface area contributed by atoms with E-state index in [-0.39, 0.29) is 24.3 Å². The van der Waals surface area contributed by atoms with Gasteiger partial charge in [-0.05, 0) is 195 Å². The number of carbonyl (C=O) groups excluding carboxylic acids is 2. The highest BCUT2D eigenvalue weighted by molar-refractivity contribution is 7.99. The molecule has 7 heterocycles. The number of nitrogens with one attached hydrogen (secondary N) is 2. The first-order valence-electron chi connectivity index (χ1n) is 27.3. The number of pyridine rings is 3. The predicted octanol–water partition coefficient (Wildman–Crippen LogP) is 16.5. The highest BCUT2D eigenvalue weighted by Crippen LogP contribution is 2.44. The lowest BCUT2D eigenvalue weighted by atomic mass is 10.2. The molecule has 4 aromatic carbocycles. The summed E-state index contributed by atoms with van der Waals surface area (Å²) in [6, 6.07) is 36.1. The van der Waals surface area contributed by atoms with Gasteiger partial charge in [0.05, 0.1) is 39.5 Å². The van der Waals surface area contributed by atoms with Crippen molar-refractivity contribution in [2.45, 2.75) is 94.1 Å². The van der Waals surface area contributed by atoms with E-state index in [2.05, 4.69) is 45.4 Å². The maximum absolute atomic E-state index is 13.4. The van der Waals surface area contributed by atoms with E-state index in [4.69, 9.17) is 67.0 Å². The molecule has 18 nitrogen and oxygen atoms in total. The molecule has 2 aliphatic rings. The number of aromatic amines is 1. The number of fused-ring (bicyclic) bond motifs is 1. The van der Waals surface area contributed by atoms with Crippen LogP contribution in [0.5, 0.6) is 17.2 Å². The number of oxazole rings is 3. The number of halogens is 4. The predicted molar refractivity (Wildman–Crippen MR) is 330 cm³/mol. The van der Waals surface area contributed by atoms with Gasteiger partial charge in [0.25, 0.3) is 5.91 Å². The van der Waals surface area contributed by atoms with E-state index in [1.807, 2.05) is 43.3 Å². The molecule has 0 saturated heterocycles. The van der Waals surface area contributed by atoms with E-state index >= 15 is 0 Å². The summed E-state index contributed by atoms with van der Waals surface area (Å²) in [6.07, 6.45) is 10.5. The number of carbonyl (C=O) groups is 2. The minimum Gasteiger partial charge on any atom is -0.487 e. The molecule has 0 bridgehead atoms. The highest BCUT2D eigenvalue weighted by Gasteiger charge is 2.32. The number of hydrogen-bond donors (Lipinski definition) is 2. The molecule has 2 fully saturated rings. The fourth-order valence-electron chi connectivity index (χ4n) is 8.19. The number of nitrogens with zero attached hydrogens (tertiary/aromatic N) is 7. The average Bonchev–Trinajstić information content (AvgIpc) is 3.90. The molecule has 2 saturated carbocycles. The third-order valence-electron chi connectivity index (χ3n) is 13.1. The summed E-state index contributed by atoms with van der Waals surface area (Å²) in [6.45, 7) is 2.43. The molecule has 88 heavy (non-hydrogen) atoms. The molecule has 1 unspecified atom stereocenters. The number of methoxy groups -OCH3 is 1. The van der Waals surface area contributed by atoms with Crippen molar-refractivity contribution < 1.29 is 46.2 Å². The number of aromatic nitrogens is 8. The van der Waals surface area contributed by atoms with Gasteiger partial charge in [0, 0.05) is 54.0 Å². The maximum Gasteiger partial charge on any atom is 0.337 e. The minimum atomic E-state index is -0.483. The molecule has 1 atom stereocenters. The third kappa shape index (κ3) is 16.4. The van der Waals surface area contributed by atoms with Gasteiger partial charge in [0.1, 0.15) is 74.5 Å². The van der Waals surface area contributed by atoms with Crippen LogP contribution in [0.4, 0.5) is 4.39 Å². The van der Waals surface area contributed by atoms with Gasteiger partial charge >= 0.3 is 5.97 Å². The van der Waals surface area contributed by atoms with Gasteiger partial charge in [-0.2, -0.15) is 5.10 Å². The standard InChI is InChI=1S/C24H19ClFN3O3S.C20H17ClN2O4S.C19H15ClN4O2S/c1-14(31-19-10-5-15(6-11-19)22(30)27-2)21-24(33-20-12-7-17(25)13-28-20)32-23(29-21)16-3-8-18(26)9-4-16;1-25-19(24)13-4-7-15(8-5-13)26-11-16-20(27-18(23-16)12-2-3-12)28-17-9-6-14(21)10-22-17;20-13-3-6-17(21-9-13)27-19-16(23-18(26-19)11-1-2-11)10-25-14-4-5-15-12(7-14)8-22-24-15/h3-14H,1-2H3,(H,27,30);4-10,12H,2-3,11H2,1H3;3-9,11H,1-2,10H2,(H,22,24). The zero-order valence-corrected chi connectivity index (χ0v) is 51.7. The van der Waals surface area contributed by atoms with E-state index < -0.39 is 6.10 Å². The Hall–Kier alpha value is -8.38. The molecular formula is C63H51Cl3FN9O9S3. The van der Waals surface area contributed by atoms with Crippen molar-refractivity contribution in [1.82, 2.24) is 45.4 Å². The summed E-state index contributed by atoms with van der Waals surface area (Å²) in [5.41, 5.74) is 4.68. The highest BCUT2D eigenvalue weighted by atomic mass is 35.5. The Kier molecular flexibility index (Phi) is 19.9. The van der Waals surface area contributed by atoms with Crippen LogP contribution in [0, 0.1) is 5.82 Å². The first kappa shape index (κ1) is 61.3. The zero-order valence-electron chi connectivity index (χ0n) is 46.9. The van der Waals surface area contributed by atoms with Crippen molar-refractivity contribution in [3.05, 3.63) is 213 Å². The quantitative estimate of drug-likeness (QED) is 0.0676. The van der Waals surface area contributed by atoms with E-state index in [1.54, 1.807) is 111 Å². The monoisotopic (exact) mass is 1300 g/mol.